The fraction of sp³-hybridized carbons (Fsp3) is 0.618. The molecule has 2 heterocycles. The normalized spacial score (nSPS) is 14.3. The minimum atomic E-state index is -2.27. The van der Waals surface area contributed by atoms with E-state index >= 15 is 0 Å². The van der Waals surface area contributed by atoms with E-state index in [0.717, 1.165) is 29.9 Å². The Morgan fingerprint density at radius 2 is 1.46 bits per heavy atom. The number of nitrogens with zero attached hydrogens (tertiary/aromatic N) is 3. The number of nitrogens with two attached hydrogens (primary N) is 1. The van der Waals surface area contributed by atoms with Crippen LogP contribution in [-0.4, -0.2) is 36.8 Å². The molecule has 1 aliphatic carbocycles. The van der Waals surface area contributed by atoms with Crippen molar-refractivity contribution in [2.75, 3.05) is 14.2 Å². The molecule has 4 nitrogen and oxygen atoms in total. The predicted octanol–water partition coefficient (Wildman–Crippen LogP) is 11.0. The number of halogens is 3. The van der Waals surface area contributed by atoms with Crippen molar-refractivity contribution in [1.29, 1.82) is 0 Å². The molecule has 0 bridgehead atoms. The lowest BCUT2D eigenvalue weighted by Gasteiger charge is -2.11. The quantitative estimate of drug-likeness (QED) is 0.310. The van der Waals surface area contributed by atoms with Crippen LogP contribution >= 0.6 is 0 Å². The first-order valence-electron chi connectivity index (χ1n) is 15.2. The molecule has 0 fully saturated rings. The number of unbranched alkanes of at least 4 members (excludes halogenated alkanes) is 5. The summed E-state index contributed by atoms with van der Waals surface area (Å²) in [5.74, 6) is 0.162. The summed E-state index contributed by atoms with van der Waals surface area (Å²) in [4.78, 5) is 12.3. The maximum absolute atomic E-state index is 11.9. The Labute approximate surface area is 251 Å². The molecule has 3 rings (SSSR count). The van der Waals surface area contributed by atoms with Crippen LogP contribution in [0.25, 0.3) is 5.57 Å². The van der Waals surface area contributed by atoms with Crippen LogP contribution in [0.15, 0.2) is 65.6 Å². The summed E-state index contributed by atoms with van der Waals surface area (Å²) in [6, 6.07) is 1.83. The van der Waals surface area contributed by atoms with E-state index < -0.39 is 12.3 Å². The van der Waals surface area contributed by atoms with Gasteiger partial charge in [-0.05, 0) is 44.9 Å². The second kappa shape index (κ2) is 37.5. The second-order valence-electron chi connectivity index (χ2n) is 8.57. The van der Waals surface area contributed by atoms with E-state index in [1.54, 1.807) is 25.4 Å². The number of rotatable bonds is 8. The van der Waals surface area contributed by atoms with Crippen molar-refractivity contribution in [3.63, 3.8) is 0 Å². The Morgan fingerprint density at radius 3 is 1.83 bits per heavy atom. The van der Waals surface area contributed by atoms with Crippen LogP contribution in [0.3, 0.4) is 0 Å². The Hall–Kier alpha value is -2.54. The van der Waals surface area contributed by atoms with Gasteiger partial charge in [-0.15, -0.1) is 0 Å². The van der Waals surface area contributed by atoms with Crippen molar-refractivity contribution in [3.8, 4) is 0 Å². The molecule has 1 aromatic rings. The van der Waals surface area contributed by atoms with Crippen molar-refractivity contribution in [3.05, 3.63) is 66.4 Å². The molecule has 0 saturated heterocycles. The Morgan fingerprint density at radius 1 is 0.951 bits per heavy atom. The highest BCUT2D eigenvalue weighted by atomic mass is 19.3. The van der Waals surface area contributed by atoms with Crippen LogP contribution in [0, 0.1) is 5.92 Å². The third-order valence-electron chi connectivity index (χ3n) is 5.41. The topological polar surface area (TPSA) is 64.2 Å². The largest absolute Gasteiger partial charge is 0.333 e. The van der Waals surface area contributed by atoms with Gasteiger partial charge in [0.15, 0.2) is 5.82 Å². The SMILES string of the molecule is C=CC1=C(c2ncccn2)CCC=C1.CC.CC1=CCC(C(F)F)C=N1.CCCCC.CCCCCC.CF.CN. The van der Waals surface area contributed by atoms with Gasteiger partial charge in [0.2, 0.25) is 6.43 Å². The maximum atomic E-state index is 11.9. The lowest BCUT2D eigenvalue weighted by Crippen LogP contribution is -2.13. The Balaban J connectivity index is -0.000000224. The number of allylic oxidation sites excluding steroid dienone is 7. The van der Waals surface area contributed by atoms with Crippen molar-refractivity contribution in [1.82, 2.24) is 9.97 Å². The Kier molecular flexibility index (Phi) is 41.5. The van der Waals surface area contributed by atoms with Gasteiger partial charge in [-0.1, -0.05) is 117 Å². The molecule has 1 aromatic heterocycles. The second-order valence-corrected chi connectivity index (χ2v) is 8.57. The molecule has 1 atom stereocenters. The highest BCUT2D eigenvalue weighted by Crippen LogP contribution is 2.26. The summed E-state index contributed by atoms with van der Waals surface area (Å²) in [6.07, 6.45) is 22.5. The van der Waals surface area contributed by atoms with Gasteiger partial charge < -0.3 is 5.73 Å². The van der Waals surface area contributed by atoms with E-state index in [2.05, 4.69) is 67.1 Å². The molecular weight excluding hydrogens is 521 g/mol. The first kappa shape index (κ1) is 45.4. The molecule has 2 aliphatic rings. The zero-order chi connectivity index (χ0) is 32.3. The van der Waals surface area contributed by atoms with E-state index in [9.17, 15) is 13.2 Å². The highest BCUT2D eigenvalue weighted by Gasteiger charge is 2.18. The summed E-state index contributed by atoms with van der Waals surface area (Å²) in [6.45, 7) is 18.5. The summed E-state index contributed by atoms with van der Waals surface area (Å²) in [7, 11) is 2.00. The van der Waals surface area contributed by atoms with E-state index in [0.29, 0.717) is 13.6 Å². The third kappa shape index (κ3) is 27.4. The van der Waals surface area contributed by atoms with Gasteiger partial charge in [-0.3, -0.25) is 9.38 Å². The lowest BCUT2D eigenvalue weighted by molar-refractivity contribution is 0.111. The van der Waals surface area contributed by atoms with Crippen LogP contribution < -0.4 is 5.73 Å². The zero-order valence-corrected chi connectivity index (χ0v) is 27.6. The number of hydrogen-bond acceptors (Lipinski definition) is 4. The fourth-order valence-electron chi connectivity index (χ4n) is 3.22. The van der Waals surface area contributed by atoms with E-state index in [1.165, 1.54) is 63.8 Å². The molecule has 2 N–H and O–H groups in total. The highest BCUT2D eigenvalue weighted by molar-refractivity contribution is 5.70. The lowest BCUT2D eigenvalue weighted by atomic mass is 9.97. The average molecular weight is 583 g/mol. The number of aromatic nitrogens is 2. The number of aliphatic imine (C=N–C) groups is 1. The summed E-state index contributed by atoms with van der Waals surface area (Å²) >= 11 is 0. The van der Waals surface area contributed by atoms with Gasteiger partial charge in [-0.25, -0.2) is 18.7 Å². The van der Waals surface area contributed by atoms with Crippen molar-refractivity contribution in [2.24, 2.45) is 16.6 Å². The number of hydrogen-bond donors (Lipinski definition) is 1. The van der Waals surface area contributed by atoms with Crippen molar-refractivity contribution in [2.45, 2.75) is 119 Å². The van der Waals surface area contributed by atoms with E-state index in [1.807, 2.05) is 26.0 Å². The van der Waals surface area contributed by atoms with Gasteiger partial charge in [0, 0.05) is 29.9 Å². The van der Waals surface area contributed by atoms with Gasteiger partial charge in [0.1, 0.15) is 0 Å². The first-order valence-corrected chi connectivity index (χ1v) is 15.2. The molecule has 0 amide bonds. The van der Waals surface area contributed by atoms with Crippen LogP contribution in [0.5, 0.6) is 0 Å². The molecular formula is C34H61F3N4. The molecule has 41 heavy (non-hydrogen) atoms. The molecule has 0 saturated carbocycles. The fourth-order valence-corrected chi connectivity index (χ4v) is 3.22. The summed E-state index contributed by atoms with van der Waals surface area (Å²) < 4.78 is 33.4. The molecule has 0 radical (unpaired) electrons. The molecule has 1 unspecified atom stereocenters. The van der Waals surface area contributed by atoms with Gasteiger partial charge in [-0.2, -0.15) is 0 Å². The maximum Gasteiger partial charge on any atom is 0.246 e. The van der Waals surface area contributed by atoms with Gasteiger partial charge in [0.25, 0.3) is 0 Å². The molecule has 1 aliphatic heterocycles. The van der Waals surface area contributed by atoms with Gasteiger partial charge in [0.05, 0.1) is 13.1 Å². The van der Waals surface area contributed by atoms with E-state index in [-0.39, 0.29) is 0 Å². The minimum absolute atomic E-state index is 0.424. The Bertz CT molecular complexity index is 782. The zero-order valence-electron chi connectivity index (χ0n) is 27.6. The van der Waals surface area contributed by atoms with Gasteiger partial charge >= 0.3 is 0 Å². The standard InChI is InChI=1S/C12H12N2.C7H9F2N.C6H14.C5H12.C2H6.CH3F.CH5N/c1-2-10-6-3-4-7-11(10)12-13-8-5-9-14-12;1-5-2-3-6(4-10-5)7(8)9;1-3-5-6-4-2;1-3-5-4-2;3*1-2/h2-3,5-6,8-9H,1,4,7H2;2,4,6-7H,3H2,1H3;3-6H2,1-2H3;3-5H2,1-2H3;1-2H3;1H3;2H2,1H3. The van der Waals surface area contributed by atoms with Crippen LogP contribution in [0.1, 0.15) is 118 Å². The van der Waals surface area contributed by atoms with Crippen LogP contribution in [0.2, 0.25) is 0 Å². The van der Waals surface area contributed by atoms with Crippen LogP contribution in [0.4, 0.5) is 13.2 Å². The summed E-state index contributed by atoms with van der Waals surface area (Å²) in [5, 5.41) is 0. The molecule has 238 valence electrons. The van der Waals surface area contributed by atoms with Crippen molar-refractivity contribution >= 4 is 11.8 Å². The van der Waals surface area contributed by atoms with Crippen molar-refractivity contribution < 1.29 is 13.2 Å². The smallest absolute Gasteiger partial charge is 0.246 e. The minimum Gasteiger partial charge on any atom is -0.333 e. The van der Waals surface area contributed by atoms with E-state index in [4.69, 9.17) is 0 Å². The summed E-state index contributed by atoms with van der Waals surface area (Å²) in [5.41, 5.74) is 7.67. The third-order valence-corrected chi connectivity index (χ3v) is 5.41. The average Bonchev–Trinajstić information content (AvgIpc) is 3.05. The molecule has 7 heteroatoms. The first-order chi connectivity index (χ1) is 19.9. The molecule has 0 spiro atoms. The monoisotopic (exact) mass is 582 g/mol. The molecule has 0 aromatic carbocycles. The predicted molar refractivity (Wildman–Crippen MR) is 177 cm³/mol. The van der Waals surface area contributed by atoms with Crippen LogP contribution in [-0.2, 0) is 0 Å². The number of alkyl halides is 3.